The van der Waals surface area contributed by atoms with E-state index < -0.39 is 0 Å². The monoisotopic (exact) mass is 591 g/mol. The van der Waals surface area contributed by atoms with E-state index >= 15 is 0 Å². The van der Waals surface area contributed by atoms with Crippen molar-refractivity contribution < 1.29 is 13.9 Å². The molecule has 9 nitrogen and oxygen atoms in total. The van der Waals surface area contributed by atoms with Crippen LogP contribution in [0.5, 0.6) is 5.75 Å². The number of amides is 1. The average Bonchev–Trinajstić information content (AvgIpc) is 3.84. The highest BCUT2D eigenvalue weighted by atomic mass is 19.1. The molecule has 8 rings (SSSR count). The summed E-state index contributed by atoms with van der Waals surface area (Å²) in [6.07, 6.45) is 7.63. The predicted molar refractivity (Wildman–Crippen MR) is 163 cm³/mol. The van der Waals surface area contributed by atoms with E-state index in [1.165, 1.54) is 6.07 Å². The number of ether oxygens (including phenoxy) is 1. The predicted octanol–water partition coefficient (Wildman–Crippen LogP) is 4.30. The molecule has 4 atom stereocenters. The highest BCUT2D eigenvalue weighted by molar-refractivity contribution is 5.96. The van der Waals surface area contributed by atoms with E-state index in [2.05, 4.69) is 27.5 Å². The highest BCUT2D eigenvalue weighted by Crippen LogP contribution is 2.39. The second-order valence-electron chi connectivity index (χ2n) is 12.9. The van der Waals surface area contributed by atoms with Gasteiger partial charge in [-0.1, -0.05) is 6.07 Å². The number of carbonyl (C=O) groups is 1. The summed E-state index contributed by atoms with van der Waals surface area (Å²) in [5.74, 6) is 3.26. The Hall–Kier alpha value is -4.49. The minimum atomic E-state index is -0.346. The van der Waals surface area contributed by atoms with Gasteiger partial charge in [0.1, 0.15) is 23.5 Å². The first-order valence-electron chi connectivity index (χ1n) is 15.5. The van der Waals surface area contributed by atoms with Crippen molar-refractivity contribution in [1.29, 1.82) is 5.26 Å². The largest absolute Gasteiger partial charge is 0.489 e. The summed E-state index contributed by atoms with van der Waals surface area (Å²) in [4.78, 5) is 22.2. The number of hydrogen-bond acceptors (Lipinski definition) is 7. The van der Waals surface area contributed by atoms with Crippen LogP contribution in [0.3, 0.4) is 0 Å². The Morgan fingerprint density at radius 2 is 1.82 bits per heavy atom. The molecule has 0 spiro atoms. The number of carbonyl (C=O) groups excluding carboxylic acids is 1. The maximum Gasteiger partial charge on any atom is 0.254 e. The molecule has 3 saturated heterocycles. The van der Waals surface area contributed by atoms with E-state index in [9.17, 15) is 14.4 Å². The van der Waals surface area contributed by atoms with Crippen molar-refractivity contribution in [1.82, 2.24) is 24.8 Å². The third-order valence-corrected chi connectivity index (χ3v) is 10.3. The number of nitrogens with one attached hydrogen (secondary N) is 1. The first-order chi connectivity index (χ1) is 21.4. The Kier molecular flexibility index (Phi) is 6.52. The third kappa shape index (κ3) is 4.58. The molecule has 224 valence electrons. The minimum Gasteiger partial charge on any atom is -0.489 e. The first kappa shape index (κ1) is 27.1. The van der Waals surface area contributed by atoms with Crippen LogP contribution in [-0.2, 0) is 0 Å². The van der Waals surface area contributed by atoms with Crippen molar-refractivity contribution >= 4 is 17.2 Å². The van der Waals surface area contributed by atoms with Gasteiger partial charge in [-0.3, -0.25) is 4.79 Å². The van der Waals surface area contributed by atoms with Gasteiger partial charge in [-0.2, -0.15) is 10.4 Å². The van der Waals surface area contributed by atoms with Gasteiger partial charge >= 0.3 is 0 Å². The summed E-state index contributed by atoms with van der Waals surface area (Å²) in [5, 5.41) is 17.7. The number of fused-ring (bicyclic) bond motifs is 3. The summed E-state index contributed by atoms with van der Waals surface area (Å²) in [6, 6.07) is 13.1. The zero-order chi connectivity index (χ0) is 29.9. The summed E-state index contributed by atoms with van der Waals surface area (Å²) < 4.78 is 22.3. The Bertz CT molecular complexity index is 1770. The zero-order valence-electron chi connectivity index (χ0n) is 24.6. The van der Waals surface area contributed by atoms with E-state index in [1.807, 2.05) is 29.4 Å². The quantitative estimate of drug-likeness (QED) is 0.370. The molecular formula is C34H34FN7O2. The number of halogens is 1. The molecular weight excluding hydrogens is 557 g/mol. The van der Waals surface area contributed by atoms with E-state index in [0.29, 0.717) is 53.5 Å². The number of anilines is 1. The average molecular weight is 592 g/mol. The van der Waals surface area contributed by atoms with Gasteiger partial charge < -0.3 is 19.9 Å². The van der Waals surface area contributed by atoms with Crippen LogP contribution in [-0.4, -0.2) is 70.8 Å². The second kappa shape index (κ2) is 10.6. The van der Waals surface area contributed by atoms with Gasteiger partial charge in [0, 0.05) is 60.9 Å². The molecule has 4 fully saturated rings. The highest BCUT2D eigenvalue weighted by Gasteiger charge is 2.42. The lowest BCUT2D eigenvalue weighted by Crippen LogP contribution is -2.33. The van der Waals surface area contributed by atoms with Gasteiger partial charge in [0.05, 0.1) is 29.6 Å². The van der Waals surface area contributed by atoms with Crippen LogP contribution in [0.1, 0.15) is 34.3 Å². The molecule has 3 aromatic heterocycles. The second-order valence-corrected chi connectivity index (χ2v) is 12.9. The van der Waals surface area contributed by atoms with Gasteiger partial charge in [-0.05, 0) is 80.6 Å². The maximum absolute atomic E-state index is 14.1. The van der Waals surface area contributed by atoms with Crippen molar-refractivity contribution in [2.75, 3.05) is 44.2 Å². The molecule has 4 aliphatic rings. The van der Waals surface area contributed by atoms with Gasteiger partial charge in [-0.25, -0.2) is 13.9 Å². The Morgan fingerprint density at radius 1 is 1.05 bits per heavy atom. The van der Waals surface area contributed by atoms with Crippen LogP contribution in [0.25, 0.3) is 16.6 Å². The van der Waals surface area contributed by atoms with E-state index in [-0.39, 0.29) is 17.8 Å². The fraction of sp³-hybridized carbons (Fsp3) is 0.412. The molecule has 0 bridgehead atoms. The SMILES string of the molecule is Cc1c(F)cccc1C(=O)N1CC2CN(c3ccc(-c4cc(OC5CC6CNCC6C5)cn5ncc(C#N)c45)cn3)CC2C1. The number of benzene rings is 1. The lowest BCUT2D eigenvalue weighted by molar-refractivity contribution is 0.0781. The molecule has 1 amide bonds. The molecule has 1 aromatic carbocycles. The first-order valence-corrected chi connectivity index (χ1v) is 15.5. The Labute approximate surface area is 255 Å². The smallest absolute Gasteiger partial charge is 0.254 e. The number of likely N-dealkylation sites (tertiary alicyclic amines) is 1. The molecule has 10 heteroatoms. The summed E-state index contributed by atoms with van der Waals surface area (Å²) in [7, 11) is 0. The Morgan fingerprint density at radius 3 is 2.52 bits per heavy atom. The summed E-state index contributed by atoms with van der Waals surface area (Å²) in [5.41, 5.74) is 3.88. The lowest BCUT2D eigenvalue weighted by atomic mass is 10.0. The number of pyridine rings is 2. The molecule has 4 unspecified atom stereocenters. The molecule has 1 N–H and O–H groups in total. The molecule has 4 aromatic rings. The van der Waals surface area contributed by atoms with Crippen LogP contribution in [0, 0.1) is 47.7 Å². The topological polar surface area (TPSA) is 98.8 Å². The standard InChI is InChI=1S/C34H34FN7O2/c1-20-29(3-2-4-31(20)35)34(43)41-17-25-15-40(16-26(25)18-41)32-6-5-21(13-38-32)30-9-28(19-42-33(30)24(10-36)14-39-42)44-27-7-22-11-37-12-23(22)8-27/h2-6,9,13-14,19,22-23,25-27,37H,7-8,11-12,15-18H2,1H3. The van der Waals surface area contributed by atoms with E-state index in [1.54, 1.807) is 29.8 Å². The van der Waals surface area contributed by atoms with Crippen molar-refractivity contribution in [3.63, 3.8) is 0 Å². The van der Waals surface area contributed by atoms with Crippen molar-refractivity contribution in [2.24, 2.45) is 23.7 Å². The summed E-state index contributed by atoms with van der Waals surface area (Å²) >= 11 is 0. The van der Waals surface area contributed by atoms with Crippen LogP contribution < -0.4 is 15.0 Å². The molecule has 0 radical (unpaired) electrons. The fourth-order valence-corrected chi connectivity index (χ4v) is 7.95. The molecule has 1 aliphatic carbocycles. The van der Waals surface area contributed by atoms with E-state index in [4.69, 9.17) is 9.72 Å². The van der Waals surface area contributed by atoms with Crippen LogP contribution in [0.15, 0.2) is 55.0 Å². The van der Waals surface area contributed by atoms with Gasteiger partial charge in [0.2, 0.25) is 0 Å². The summed E-state index contributed by atoms with van der Waals surface area (Å²) in [6.45, 7) is 6.76. The number of rotatable bonds is 5. The van der Waals surface area contributed by atoms with Crippen molar-refractivity contribution in [3.05, 3.63) is 77.5 Å². The van der Waals surface area contributed by atoms with Crippen molar-refractivity contribution in [3.8, 4) is 22.9 Å². The van der Waals surface area contributed by atoms with Crippen LogP contribution in [0.2, 0.25) is 0 Å². The molecule has 3 aliphatic heterocycles. The zero-order valence-corrected chi connectivity index (χ0v) is 24.6. The number of hydrogen-bond donors (Lipinski definition) is 1. The van der Waals surface area contributed by atoms with Crippen molar-refractivity contribution in [2.45, 2.75) is 25.9 Å². The number of aromatic nitrogens is 3. The van der Waals surface area contributed by atoms with Crippen LogP contribution >= 0.6 is 0 Å². The third-order valence-electron chi connectivity index (χ3n) is 10.3. The van der Waals surface area contributed by atoms with Gasteiger partial charge in [-0.15, -0.1) is 0 Å². The van der Waals surface area contributed by atoms with Crippen LogP contribution in [0.4, 0.5) is 10.2 Å². The molecule has 44 heavy (non-hydrogen) atoms. The fourth-order valence-electron chi connectivity index (χ4n) is 7.95. The number of nitriles is 1. The van der Waals surface area contributed by atoms with Gasteiger partial charge in [0.25, 0.3) is 5.91 Å². The Balaban J connectivity index is 0.989. The normalized spacial score (nSPS) is 25.8. The number of nitrogens with zero attached hydrogens (tertiary/aromatic N) is 6. The lowest BCUT2D eigenvalue weighted by Gasteiger charge is -2.23. The molecule has 1 saturated carbocycles. The van der Waals surface area contributed by atoms with Gasteiger partial charge in [0.15, 0.2) is 0 Å². The minimum absolute atomic E-state index is 0.0904. The molecule has 6 heterocycles. The maximum atomic E-state index is 14.1. The van der Waals surface area contributed by atoms with E-state index in [0.717, 1.165) is 67.2 Å².